The van der Waals surface area contributed by atoms with Crippen molar-refractivity contribution < 1.29 is 4.74 Å². The molecule has 2 rings (SSSR count). The zero-order chi connectivity index (χ0) is 11.4. The Labute approximate surface area is 95.2 Å². The molecule has 1 aromatic carbocycles. The number of fused-ring (bicyclic) bond motifs is 1. The summed E-state index contributed by atoms with van der Waals surface area (Å²) >= 11 is 0. The molecule has 0 aliphatic heterocycles. The van der Waals surface area contributed by atoms with Crippen LogP contribution in [0.1, 0.15) is 32.9 Å². The van der Waals surface area contributed by atoms with Crippen molar-refractivity contribution in [3.8, 4) is 0 Å². The van der Waals surface area contributed by atoms with Crippen molar-refractivity contribution in [2.45, 2.75) is 32.9 Å². The minimum atomic E-state index is 0.00222. The van der Waals surface area contributed by atoms with Gasteiger partial charge in [-0.1, -0.05) is 30.7 Å². The summed E-state index contributed by atoms with van der Waals surface area (Å²) in [4.78, 5) is 0. The van der Waals surface area contributed by atoms with Crippen LogP contribution in [0.4, 0.5) is 0 Å². The van der Waals surface area contributed by atoms with Crippen LogP contribution in [0.25, 0.3) is 11.0 Å². The Morgan fingerprint density at radius 1 is 1.31 bits per heavy atom. The third-order valence-corrected chi connectivity index (χ3v) is 2.54. The third-order valence-electron chi connectivity index (χ3n) is 2.54. The number of rotatable bonds is 5. The van der Waals surface area contributed by atoms with Crippen molar-refractivity contribution in [2.24, 2.45) is 0 Å². The molecule has 1 aromatic heterocycles. The summed E-state index contributed by atoms with van der Waals surface area (Å²) in [6, 6.07) is 7.96. The first kappa shape index (κ1) is 11.1. The van der Waals surface area contributed by atoms with Crippen LogP contribution < -0.4 is 0 Å². The molecule has 0 spiro atoms. The van der Waals surface area contributed by atoms with Gasteiger partial charge in [-0.3, -0.25) is 0 Å². The average Bonchev–Trinajstić information content (AvgIpc) is 2.72. The van der Waals surface area contributed by atoms with Crippen molar-refractivity contribution in [1.82, 2.24) is 15.0 Å². The normalized spacial score (nSPS) is 13.1. The Balaban J connectivity index is 2.36. The highest BCUT2D eigenvalue weighted by molar-refractivity contribution is 5.73. The topological polar surface area (TPSA) is 39.9 Å². The largest absolute Gasteiger partial charge is 0.357 e. The predicted octanol–water partition coefficient (Wildman–Crippen LogP) is 2.77. The van der Waals surface area contributed by atoms with Crippen LogP contribution in [0.5, 0.6) is 0 Å². The van der Waals surface area contributed by atoms with Crippen LogP contribution >= 0.6 is 0 Å². The van der Waals surface area contributed by atoms with E-state index in [-0.39, 0.29) is 6.23 Å². The summed E-state index contributed by atoms with van der Waals surface area (Å²) in [6.45, 7) is 4.84. The molecule has 0 aliphatic rings. The molecule has 16 heavy (non-hydrogen) atoms. The van der Waals surface area contributed by atoms with E-state index in [4.69, 9.17) is 4.74 Å². The summed E-state index contributed by atoms with van der Waals surface area (Å²) in [7, 11) is 0. The fourth-order valence-electron chi connectivity index (χ4n) is 1.82. The van der Waals surface area contributed by atoms with Gasteiger partial charge in [-0.2, -0.15) is 0 Å². The van der Waals surface area contributed by atoms with Crippen LogP contribution in [0, 0.1) is 0 Å². The lowest BCUT2D eigenvalue weighted by Gasteiger charge is -2.16. The smallest absolute Gasteiger partial charge is 0.152 e. The van der Waals surface area contributed by atoms with Gasteiger partial charge >= 0.3 is 0 Å². The van der Waals surface area contributed by atoms with Gasteiger partial charge in [0.25, 0.3) is 0 Å². The number of para-hydroxylation sites is 1. The van der Waals surface area contributed by atoms with Gasteiger partial charge in [-0.05, 0) is 25.5 Å². The molecule has 1 unspecified atom stereocenters. The van der Waals surface area contributed by atoms with Crippen molar-refractivity contribution in [3.05, 3.63) is 24.3 Å². The molecule has 0 N–H and O–H groups in total. The second-order valence-corrected chi connectivity index (χ2v) is 3.72. The average molecular weight is 219 g/mol. The van der Waals surface area contributed by atoms with Crippen molar-refractivity contribution in [2.75, 3.05) is 6.61 Å². The van der Waals surface area contributed by atoms with Gasteiger partial charge in [0.1, 0.15) is 5.52 Å². The second-order valence-electron chi connectivity index (χ2n) is 3.72. The fraction of sp³-hybridized carbons (Fsp3) is 0.500. The quantitative estimate of drug-likeness (QED) is 0.776. The fourth-order valence-corrected chi connectivity index (χ4v) is 1.82. The van der Waals surface area contributed by atoms with Crippen LogP contribution in [-0.2, 0) is 4.74 Å². The predicted molar refractivity (Wildman–Crippen MR) is 63.1 cm³/mol. The molecule has 0 amide bonds. The summed E-state index contributed by atoms with van der Waals surface area (Å²) in [5, 5.41) is 8.31. The molecule has 0 saturated heterocycles. The first-order valence-electron chi connectivity index (χ1n) is 5.78. The van der Waals surface area contributed by atoms with E-state index in [1.807, 2.05) is 35.9 Å². The van der Waals surface area contributed by atoms with Gasteiger partial charge in [0.05, 0.1) is 5.52 Å². The lowest BCUT2D eigenvalue weighted by Crippen LogP contribution is -2.14. The number of ether oxygens (including phenoxy) is 1. The highest BCUT2D eigenvalue weighted by Gasteiger charge is 2.14. The van der Waals surface area contributed by atoms with Crippen molar-refractivity contribution >= 4 is 11.0 Å². The molecule has 86 valence electrons. The standard InChI is InChI=1S/C12H17N3O/c1-3-7-12(16-4-2)15-11-9-6-5-8-10(11)13-14-15/h5-6,8-9,12H,3-4,7H2,1-2H3. The number of nitrogens with zero attached hydrogens (tertiary/aromatic N) is 3. The minimum Gasteiger partial charge on any atom is -0.357 e. The van der Waals surface area contributed by atoms with Crippen molar-refractivity contribution in [1.29, 1.82) is 0 Å². The second kappa shape index (κ2) is 5.07. The maximum Gasteiger partial charge on any atom is 0.152 e. The van der Waals surface area contributed by atoms with Crippen LogP contribution in [0.2, 0.25) is 0 Å². The molecular weight excluding hydrogens is 202 g/mol. The van der Waals surface area contributed by atoms with Gasteiger partial charge in [0, 0.05) is 6.61 Å². The first-order valence-corrected chi connectivity index (χ1v) is 5.78. The zero-order valence-corrected chi connectivity index (χ0v) is 9.76. The van der Waals surface area contributed by atoms with E-state index >= 15 is 0 Å². The van der Waals surface area contributed by atoms with Gasteiger partial charge in [0.15, 0.2) is 6.23 Å². The number of benzene rings is 1. The van der Waals surface area contributed by atoms with E-state index in [0.29, 0.717) is 6.61 Å². The number of aromatic nitrogens is 3. The maximum atomic E-state index is 5.70. The van der Waals surface area contributed by atoms with Crippen LogP contribution in [0.3, 0.4) is 0 Å². The maximum absolute atomic E-state index is 5.70. The third kappa shape index (κ3) is 2.07. The minimum absolute atomic E-state index is 0.00222. The number of hydrogen-bond donors (Lipinski definition) is 0. The molecule has 4 nitrogen and oxygen atoms in total. The highest BCUT2D eigenvalue weighted by atomic mass is 16.5. The van der Waals surface area contributed by atoms with E-state index in [2.05, 4.69) is 17.2 Å². The molecule has 1 atom stereocenters. The van der Waals surface area contributed by atoms with Gasteiger partial charge in [-0.15, -0.1) is 5.10 Å². The Kier molecular flexibility index (Phi) is 3.51. The Hall–Kier alpha value is -1.42. The summed E-state index contributed by atoms with van der Waals surface area (Å²) in [5.74, 6) is 0. The van der Waals surface area contributed by atoms with E-state index in [1.54, 1.807) is 0 Å². The molecule has 2 aromatic rings. The molecule has 0 radical (unpaired) electrons. The van der Waals surface area contributed by atoms with Gasteiger partial charge in [0.2, 0.25) is 0 Å². The van der Waals surface area contributed by atoms with Crippen LogP contribution in [0.15, 0.2) is 24.3 Å². The lowest BCUT2D eigenvalue weighted by atomic mass is 10.3. The SMILES string of the molecule is CCCC(OCC)n1nnc2ccccc21. The van der Waals surface area contributed by atoms with E-state index in [1.165, 1.54) is 0 Å². The molecule has 1 heterocycles. The molecule has 0 saturated carbocycles. The Morgan fingerprint density at radius 2 is 2.12 bits per heavy atom. The molecule has 0 aliphatic carbocycles. The zero-order valence-electron chi connectivity index (χ0n) is 9.76. The summed E-state index contributed by atoms with van der Waals surface area (Å²) < 4.78 is 7.57. The van der Waals surface area contributed by atoms with E-state index in [9.17, 15) is 0 Å². The number of hydrogen-bond acceptors (Lipinski definition) is 3. The molecule has 4 heteroatoms. The summed E-state index contributed by atoms with van der Waals surface area (Å²) in [5.41, 5.74) is 1.96. The Bertz CT molecular complexity index is 446. The summed E-state index contributed by atoms with van der Waals surface area (Å²) in [6.07, 6.45) is 2.03. The van der Waals surface area contributed by atoms with Gasteiger partial charge in [-0.25, -0.2) is 4.68 Å². The van der Waals surface area contributed by atoms with E-state index in [0.717, 1.165) is 23.9 Å². The Morgan fingerprint density at radius 3 is 2.88 bits per heavy atom. The highest BCUT2D eigenvalue weighted by Crippen LogP contribution is 2.20. The monoisotopic (exact) mass is 219 g/mol. The lowest BCUT2D eigenvalue weighted by molar-refractivity contribution is -0.00304. The molecule has 0 bridgehead atoms. The van der Waals surface area contributed by atoms with Crippen LogP contribution in [-0.4, -0.2) is 21.6 Å². The first-order chi connectivity index (χ1) is 7.86. The van der Waals surface area contributed by atoms with Gasteiger partial charge < -0.3 is 4.74 Å². The van der Waals surface area contributed by atoms with E-state index < -0.39 is 0 Å². The molecule has 0 fully saturated rings. The van der Waals surface area contributed by atoms with Crippen molar-refractivity contribution in [3.63, 3.8) is 0 Å². The molecular formula is C12H17N3O.